The number of pyridine rings is 2. The summed E-state index contributed by atoms with van der Waals surface area (Å²) in [5, 5.41) is 37.6. The van der Waals surface area contributed by atoms with Crippen molar-refractivity contribution in [3.63, 3.8) is 0 Å². The summed E-state index contributed by atoms with van der Waals surface area (Å²) in [5.41, 5.74) is 5.88. The van der Waals surface area contributed by atoms with E-state index in [0.29, 0.717) is 35.0 Å². The highest BCUT2D eigenvalue weighted by Gasteiger charge is 2.22. The van der Waals surface area contributed by atoms with Crippen molar-refractivity contribution >= 4 is 33.5 Å². The Morgan fingerprint density at radius 2 is 1.94 bits per heavy atom. The molecule has 1 aliphatic heterocycles. The van der Waals surface area contributed by atoms with Gasteiger partial charge in [-0.1, -0.05) is 25.1 Å². The highest BCUT2D eigenvalue weighted by Crippen LogP contribution is 2.32. The van der Waals surface area contributed by atoms with Gasteiger partial charge in [-0.15, -0.1) is 0 Å². The largest absolute Gasteiger partial charge is 0.506 e. The van der Waals surface area contributed by atoms with Gasteiger partial charge in [0, 0.05) is 73.2 Å². The second-order valence-corrected chi connectivity index (χ2v) is 12.7. The Hall–Kier alpha value is -4.78. The van der Waals surface area contributed by atoms with E-state index in [4.69, 9.17) is 9.72 Å². The number of ether oxygens (including phenoxy) is 1. The molecule has 2 atom stereocenters. The number of rotatable bonds is 13. The molecule has 5 aromatic rings. The molecule has 4 heterocycles. The smallest absolute Gasteiger partial charge is 0.251 e. The molecule has 0 bridgehead atoms. The third-order valence-electron chi connectivity index (χ3n) is 9.26. The summed E-state index contributed by atoms with van der Waals surface area (Å²) < 4.78 is 7.50. The number of carbonyl (C=O) groups excluding carboxylic acids is 1. The molecule has 1 saturated heterocycles. The molecule has 3 aromatic heterocycles. The molecular formula is C37H45N7O5. The number of aliphatic hydroxyl groups excluding tert-OH is 1. The number of aromatic amines is 1. The monoisotopic (exact) mass is 667 g/mol. The Bertz CT molecular complexity index is 2000. The number of H-pyrrole nitrogens is 1. The molecule has 0 saturated carbocycles. The van der Waals surface area contributed by atoms with Crippen molar-refractivity contribution in [1.29, 1.82) is 0 Å². The van der Waals surface area contributed by atoms with Crippen LogP contribution in [0.5, 0.6) is 5.75 Å². The van der Waals surface area contributed by atoms with E-state index in [1.165, 1.54) is 12.1 Å². The predicted octanol–water partition coefficient (Wildman–Crippen LogP) is 4.34. The molecule has 1 amide bonds. The van der Waals surface area contributed by atoms with Crippen LogP contribution in [-0.4, -0.2) is 67.7 Å². The van der Waals surface area contributed by atoms with Crippen molar-refractivity contribution < 1.29 is 19.7 Å². The van der Waals surface area contributed by atoms with Crippen LogP contribution in [0.2, 0.25) is 0 Å². The minimum absolute atomic E-state index is 0.0103. The number of phenols is 1. The second kappa shape index (κ2) is 15.2. The number of aromatic hydroxyl groups is 1. The first kappa shape index (κ1) is 34.1. The van der Waals surface area contributed by atoms with Crippen LogP contribution in [0, 0.1) is 0 Å². The second-order valence-electron chi connectivity index (χ2n) is 12.7. The number of phenolic OH excluding ortho intramolecular Hbond substituents is 1. The molecular weight excluding hydrogens is 622 g/mol. The van der Waals surface area contributed by atoms with Gasteiger partial charge in [-0.05, 0) is 74.9 Å². The number of fused-ring (bicyclic) bond motifs is 2. The lowest BCUT2D eigenvalue weighted by Crippen LogP contribution is -2.32. The van der Waals surface area contributed by atoms with E-state index in [1.54, 1.807) is 12.1 Å². The highest BCUT2D eigenvalue weighted by atomic mass is 16.5. The van der Waals surface area contributed by atoms with Gasteiger partial charge in [-0.25, -0.2) is 9.67 Å². The van der Waals surface area contributed by atoms with Crippen LogP contribution in [0.15, 0.2) is 59.5 Å². The fourth-order valence-electron chi connectivity index (χ4n) is 6.61. The van der Waals surface area contributed by atoms with Crippen LogP contribution >= 0.6 is 0 Å². The number of nitrogens with one attached hydrogen (secondary N) is 4. The van der Waals surface area contributed by atoms with Gasteiger partial charge in [-0.2, -0.15) is 5.10 Å². The summed E-state index contributed by atoms with van der Waals surface area (Å²) in [7, 11) is 0. The van der Waals surface area contributed by atoms with Crippen LogP contribution < -0.4 is 21.5 Å². The van der Waals surface area contributed by atoms with Gasteiger partial charge in [0.1, 0.15) is 5.75 Å². The molecule has 12 nitrogen and oxygen atoms in total. The molecule has 0 spiro atoms. The van der Waals surface area contributed by atoms with Gasteiger partial charge >= 0.3 is 0 Å². The fourth-order valence-corrected chi connectivity index (χ4v) is 6.61. The number of hydrogen-bond acceptors (Lipinski definition) is 9. The van der Waals surface area contributed by atoms with Crippen LogP contribution in [-0.2, 0) is 30.7 Å². The number of carbonyl (C=O) groups is 1. The van der Waals surface area contributed by atoms with Crippen molar-refractivity contribution in [2.24, 2.45) is 0 Å². The molecule has 49 heavy (non-hydrogen) atoms. The van der Waals surface area contributed by atoms with Crippen molar-refractivity contribution in [2.75, 3.05) is 25.1 Å². The van der Waals surface area contributed by atoms with Crippen LogP contribution in [0.4, 0.5) is 5.69 Å². The van der Waals surface area contributed by atoms with Crippen molar-refractivity contribution in [3.05, 3.63) is 93.0 Å². The first-order valence-electron chi connectivity index (χ1n) is 17.1. The first-order chi connectivity index (χ1) is 23.7. The molecule has 0 aliphatic carbocycles. The maximum Gasteiger partial charge on any atom is 0.251 e. The van der Waals surface area contributed by atoms with Crippen molar-refractivity contribution in [1.82, 2.24) is 30.4 Å². The number of amides is 1. The van der Waals surface area contributed by atoms with E-state index in [2.05, 4.69) is 39.9 Å². The quantitative estimate of drug-likeness (QED) is 0.107. The van der Waals surface area contributed by atoms with E-state index in [-0.39, 0.29) is 35.8 Å². The maximum atomic E-state index is 13.5. The first-order valence-corrected chi connectivity index (χ1v) is 17.1. The van der Waals surface area contributed by atoms with Crippen LogP contribution in [0.3, 0.4) is 0 Å². The average molecular weight is 668 g/mol. The topological polar surface area (TPSA) is 166 Å². The Kier molecular flexibility index (Phi) is 10.6. The highest BCUT2D eigenvalue weighted by molar-refractivity contribution is 5.95. The molecule has 6 N–H and O–H groups in total. The summed E-state index contributed by atoms with van der Waals surface area (Å²) in [4.78, 5) is 32.9. The number of anilines is 1. The van der Waals surface area contributed by atoms with Gasteiger partial charge in [-0.3, -0.25) is 9.59 Å². The molecule has 1 unspecified atom stereocenters. The third-order valence-corrected chi connectivity index (χ3v) is 9.26. The van der Waals surface area contributed by atoms with Crippen molar-refractivity contribution in [3.8, 4) is 5.75 Å². The van der Waals surface area contributed by atoms with E-state index in [0.717, 1.165) is 72.6 Å². The van der Waals surface area contributed by atoms with E-state index in [9.17, 15) is 19.8 Å². The van der Waals surface area contributed by atoms with Crippen molar-refractivity contribution in [2.45, 2.75) is 77.7 Å². The lowest BCUT2D eigenvalue weighted by molar-refractivity contribution is 0.0904. The molecule has 258 valence electrons. The lowest BCUT2D eigenvalue weighted by atomic mass is 10.0. The van der Waals surface area contributed by atoms with Gasteiger partial charge in [0.05, 0.1) is 28.9 Å². The lowest BCUT2D eigenvalue weighted by Gasteiger charge is -2.26. The average Bonchev–Trinajstić information content (AvgIpc) is 3.53. The summed E-state index contributed by atoms with van der Waals surface area (Å²) in [5.74, 6) is -0.216. The van der Waals surface area contributed by atoms with Gasteiger partial charge in [0.25, 0.3) is 5.91 Å². The normalized spacial score (nSPS) is 15.0. The van der Waals surface area contributed by atoms with E-state index in [1.807, 2.05) is 42.1 Å². The standard InChI is InChI=1S/C37H45N7O5/c1-4-30-28(34(41-25-13-15-49-16-14-25)29-20-40-44(5-2)36(29)42-30)19-39-37(48)24-8-6-7-23(18-24)17-22(3)38-21-32(46)26-9-11-31(45)35-27(26)10-12-33(47)43-35/h6-12,18,20,22,25,32,38,45-46H,4-5,13-17,19,21H2,1-3H3,(H,39,48)(H,41,42)(H,43,47)/t22?,32-/m0/s1. The number of nitrogens with zero attached hydrogens (tertiary/aromatic N) is 3. The minimum atomic E-state index is -0.863. The van der Waals surface area contributed by atoms with E-state index >= 15 is 0 Å². The van der Waals surface area contributed by atoms with E-state index < -0.39 is 6.10 Å². The number of aromatic nitrogens is 4. The molecule has 1 aliphatic rings. The molecule has 0 radical (unpaired) electrons. The summed E-state index contributed by atoms with van der Waals surface area (Å²) >= 11 is 0. The Morgan fingerprint density at radius 3 is 2.71 bits per heavy atom. The molecule has 2 aromatic carbocycles. The van der Waals surface area contributed by atoms with Crippen LogP contribution in [0.25, 0.3) is 21.9 Å². The zero-order valence-electron chi connectivity index (χ0n) is 28.3. The van der Waals surface area contributed by atoms with Gasteiger partial charge < -0.3 is 35.9 Å². The summed E-state index contributed by atoms with van der Waals surface area (Å²) in [6, 6.07) is 14.0. The fraction of sp³-hybridized carbons (Fsp3) is 0.405. The molecule has 1 fully saturated rings. The van der Waals surface area contributed by atoms with Gasteiger partial charge in [0.15, 0.2) is 5.65 Å². The summed E-state index contributed by atoms with van der Waals surface area (Å²) in [6.07, 6.45) is 4.18. The maximum absolute atomic E-state index is 13.5. The van der Waals surface area contributed by atoms with Gasteiger partial charge in [0.2, 0.25) is 5.56 Å². The van der Waals surface area contributed by atoms with Crippen LogP contribution in [0.1, 0.15) is 72.5 Å². The number of hydrogen-bond donors (Lipinski definition) is 6. The zero-order chi connectivity index (χ0) is 34.5. The number of aryl methyl sites for hydroxylation is 2. The molecule has 6 rings (SSSR count). The number of benzene rings is 2. The number of aliphatic hydroxyl groups is 1. The summed E-state index contributed by atoms with van der Waals surface area (Å²) in [6.45, 7) is 8.90. The molecule has 12 heteroatoms. The SMILES string of the molecule is CCc1nc2c(cnn2CC)c(NC2CCOCC2)c1CNC(=O)c1cccc(CC(C)NC[C@H](O)c2ccc(O)c3[nH]c(=O)ccc23)c1. The Labute approximate surface area is 284 Å². The minimum Gasteiger partial charge on any atom is -0.506 e. The Morgan fingerprint density at radius 1 is 1.12 bits per heavy atom. The third kappa shape index (κ3) is 7.61. The zero-order valence-corrected chi connectivity index (χ0v) is 28.3. The predicted molar refractivity (Wildman–Crippen MR) is 190 cm³/mol. The Balaban J connectivity index is 1.12.